The van der Waals surface area contributed by atoms with Crippen LogP contribution < -0.4 is 10.1 Å². The minimum atomic E-state index is -0.157. The maximum Gasteiger partial charge on any atom is 0.255 e. The van der Waals surface area contributed by atoms with E-state index >= 15 is 0 Å². The van der Waals surface area contributed by atoms with Gasteiger partial charge in [0.2, 0.25) is 0 Å². The molecular formula is C21H27N3O4. The lowest BCUT2D eigenvalue weighted by atomic mass is 9.86. The van der Waals surface area contributed by atoms with Gasteiger partial charge >= 0.3 is 0 Å². The Bertz CT molecular complexity index is 802. The molecule has 1 saturated heterocycles. The van der Waals surface area contributed by atoms with Crippen molar-refractivity contribution in [3.8, 4) is 17.0 Å². The highest BCUT2D eigenvalue weighted by molar-refractivity contribution is 6.00. The molecule has 2 heterocycles. The lowest BCUT2D eigenvalue weighted by Crippen LogP contribution is -2.50. The van der Waals surface area contributed by atoms with Crippen molar-refractivity contribution in [2.24, 2.45) is 5.92 Å². The number of hydrogen-bond donors (Lipinski definition) is 2. The van der Waals surface area contributed by atoms with Gasteiger partial charge in [-0.05, 0) is 37.3 Å². The number of benzene rings is 1. The normalized spacial score (nSPS) is 22.5. The highest BCUT2D eigenvalue weighted by atomic mass is 16.5. The molecule has 1 saturated carbocycles. The van der Waals surface area contributed by atoms with E-state index < -0.39 is 0 Å². The molecule has 2 fully saturated rings. The second-order valence-electron chi connectivity index (χ2n) is 7.50. The Kier molecular flexibility index (Phi) is 5.92. The summed E-state index contributed by atoms with van der Waals surface area (Å²) >= 11 is 0. The molecule has 0 unspecified atom stereocenters. The van der Waals surface area contributed by atoms with E-state index in [1.54, 1.807) is 13.3 Å². The molecule has 1 aliphatic heterocycles. The third kappa shape index (κ3) is 4.20. The van der Waals surface area contributed by atoms with Gasteiger partial charge in [0.1, 0.15) is 11.9 Å². The Hall–Kier alpha value is -2.38. The van der Waals surface area contributed by atoms with E-state index in [2.05, 4.69) is 15.5 Å². The molecule has 0 radical (unpaired) electrons. The number of ether oxygens (including phenoxy) is 3. The van der Waals surface area contributed by atoms with Crippen LogP contribution in [-0.4, -0.2) is 55.2 Å². The lowest BCUT2D eigenvalue weighted by Gasteiger charge is -2.34. The molecule has 4 rings (SSSR count). The first-order valence-corrected chi connectivity index (χ1v) is 9.92. The van der Waals surface area contributed by atoms with Crippen molar-refractivity contribution in [1.29, 1.82) is 0 Å². The summed E-state index contributed by atoms with van der Waals surface area (Å²) in [7, 11) is 1.62. The first-order valence-electron chi connectivity index (χ1n) is 9.92. The molecule has 0 bridgehead atoms. The highest BCUT2D eigenvalue weighted by Gasteiger charge is 2.30. The largest absolute Gasteiger partial charge is 0.497 e. The van der Waals surface area contributed by atoms with E-state index in [1.165, 1.54) is 19.3 Å². The number of aromatic nitrogens is 2. The summed E-state index contributed by atoms with van der Waals surface area (Å²) in [5.41, 5.74) is 2.04. The number of nitrogens with one attached hydrogen (secondary N) is 2. The zero-order valence-electron chi connectivity index (χ0n) is 16.1. The Labute approximate surface area is 164 Å². The van der Waals surface area contributed by atoms with Crippen LogP contribution in [0.3, 0.4) is 0 Å². The molecule has 7 heteroatoms. The number of hydrogen-bond acceptors (Lipinski definition) is 5. The van der Waals surface area contributed by atoms with Crippen molar-refractivity contribution in [2.75, 3.05) is 26.9 Å². The predicted octanol–water partition coefficient (Wildman–Crippen LogP) is 2.79. The van der Waals surface area contributed by atoms with Gasteiger partial charge in [0.15, 0.2) is 0 Å². The van der Waals surface area contributed by atoms with Crippen molar-refractivity contribution in [3.05, 3.63) is 36.0 Å². The summed E-state index contributed by atoms with van der Waals surface area (Å²) in [4.78, 5) is 13.0. The number of carbonyl (C=O) groups is 1. The fourth-order valence-corrected chi connectivity index (χ4v) is 3.66. The second-order valence-corrected chi connectivity index (χ2v) is 7.50. The molecule has 0 spiro atoms. The van der Waals surface area contributed by atoms with Gasteiger partial charge in [-0.2, -0.15) is 5.10 Å². The number of H-pyrrole nitrogens is 1. The van der Waals surface area contributed by atoms with Crippen molar-refractivity contribution in [3.63, 3.8) is 0 Å². The Morgan fingerprint density at radius 2 is 2.25 bits per heavy atom. The zero-order chi connectivity index (χ0) is 19.3. The van der Waals surface area contributed by atoms with Crippen LogP contribution in [-0.2, 0) is 9.47 Å². The van der Waals surface area contributed by atoms with Crippen LogP contribution in [0.5, 0.6) is 5.75 Å². The van der Waals surface area contributed by atoms with E-state index in [1.807, 2.05) is 24.3 Å². The van der Waals surface area contributed by atoms with E-state index in [0.29, 0.717) is 30.4 Å². The van der Waals surface area contributed by atoms with Crippen LogP contribution in [0.2, 0.25) is 0 Å². The molecule has 150 valence electrons. The van der Waals surface area contributed by atoms with Gasteiger partial charge in [-0.1, -0.05) is 18.6 Å². The quantitative estimate of drug-likeness (QED) is 0.766. The topological polar surface area (TPSA) is 85.5 Å². The van der Waals surface area contributed by atoms with Crippen LogP contribution >= 0.6 is 0 Å². The number of aromatic amines is 1. The van der Waals surface area contributed by atoms with E-state index in [4.69, 9.17) is 14.2 Å². The summed E-state index contributed by atoms with van der Waals surface area (Å²) in [5, 5.41) is 10.2. The molecule has 2 aliphatic rings. The average molecular weight is 385 g/mol. The van der Waals surface area contributed by atoms with Crippen molar-refractivity contribution < 1.29 is 19.0 Å². The van der Waals surface area contributed by atoms with Gasteiger partial charge in [-0.3, -0.25) is 9.89 Å². The minimum Gasteiger partial charge on any atom is -0.497 e. The van der Waals surface area contributed by atoms with Gasteiger partial charge in [0.05, 0.1) is 37.2 Å². The fourth-order valence-electron chi connectivity index (χ4n) is 3.66. The van der Waals surface area contributed by atoms with E-state index in [9.17, 15) is 4.79 Å². The molecule has 7 nitrogen and oxygen atoms in total. The number of carbonyl (C=O) groups excluding carboxylic acids is 1. The standard InChI is InChI=1S/C21H27N3O4/c1-26-16-7-3-6-15(10-16)20-17(11-22-24-20)21(25)23-18-8-9-27-13-19(18)28-12-14-4-2-5-14/h3,6-7,10-11,14,18-19H,2,4-5,8-9,12-13H2,1H3,(H,22,24)(H,23,25)/t18-,19-/m1/s1. The smallest absolute Gasteiger partial charge is 0.255 e. The Morgan fingerprint density at radius 3 is 3.04 bits per heavy atom. The molecular weight excluding hydrogens is 358 g/mol. The first kappa shape index (κ1) is 19.0. The average Bonchev–Trinajstić information content (AvgIpc) is 3.18. The number of rotatable bonds is 7. The van der Waals surface area contributed by atoms with Gasteiger partial charge in [0.25, 0.3) is 5.91 Å². The van der Waals surface area contributed by atoms with Crippen LogP contribution in [0.25, 0.3) is 11.3 Å². The summed E-state index contributed by atoms with van der Waals surface area (Å²) in [5.74, 6) is 1.23. The number of methoxy groups -OCH3 is 1. The van der Waals surface area contributed by atoms with Crippen molar-refractivity contribution >= 4 is 5.91 Å². The third-order valence-electron chi connectivity index (χ3n) is 5.63. The van der Waals surface area contributed by atoms with Gasteiger partial charge in [-0.25, -0.2) is 0 Å². The number of nitrogens with zero attached hydrogens (tertiary/aromatic N) is 1. The van der Waals surface area contributed by atoms with Crippen molar-refractivity contribution in [2.45, 2.75) is 37.8 Å². The molecule has 1 amide bonds. The first-order chi connectivity index (χ1) is 13.7. The molecule has 1 aromatic carbocycles. The van der Waals surface area contributed by atoms with Crippen molar-refractivity contribution in [1.82, 2.24) is 15.5 Å². The third-order valence-corrected chi connectivity index (χ3v) is 5.63. The second kappa shape index (κ2) is 8.75. The Morgan fingerprint density at radius 1 is 1.36 bits per heavy atom. The summed E-state index contributed by atoms with van der Waals surface area (Å²) in [6.07, 6.45) is 5.97. The molecule has 28 heavy (non-hydrogen) atoms. The molecule has 2 aromatic rings. The molecule has 1 aromatic heterocycles. The van der Waals surface area contributed by atoms with Crippen LogP contribution in [0.15, 0.2) is 30.5 Å². The molecule has 1 aliphatic carbocycles. The maximum absolute atomic E-state index is 13.0. The van der Waals surface area contributed by atoms with Gasteiger partial charge < -0.3 is 19.5 Å². The zero-order valence-corrected chi connectivity index (χ0v) is 16.1. The van der Waals surface area contributed by atoms with E-state index in [-0.39, 0.29) is 18.1 Å². The van der Waals surface area contributed by atoms with Crippen LogP contribution in [0, 0.1) is 5.92 Å². The predicted molar refractivity (Wildman–Crippen MR) is 104 cm³/mol. The lowest BCUT2D eigenvalue weighted by molar-refractivity contribution is -0.0819. The summed E-state index contributed by atoms with van der Waals surface area (Å²) in [6, 6.07) is 7.50. The summed E-state index contributed by atoms with van der Waals surface area (Å²) in [6.45, 7) is 1.90. The van der Waals surface area contributed by atoms with E-state index in [0.717, 1.165) is 24.3 Å². The van der Waals surface area contributed by atoms with Crippen LogP contribution in [0.4, 0.5) is 0 Å². The molecule has 2 N–H and O–H groups in total. The SMILES string of the molecule is COc1cccc(-c2[nH]ncc2C(=O)N[C@@H]2CCOC[C@H]2OCC2CCC2)c1. The Balaban J connectivity index is 1.44. The maximum atomic E-state index is 13.0. The van der Waals surface area contributed by atoms with Gasteiger partial charge in [-0.15, -0.1) is 0 Å². The molecule has 2 atom stereocenters. The number of amides is 1. The van der Waals surface area contributed by atoms with Gasteiger partial charge in [0, 0.05) is 18.8 Å². The minimum absolute atomic E-state index is 0.0608. The summed E-state index contributed by atoms with van der Waals surface area (Å²) < 4.78 is 16.9. The monoisotopic (exact) mass is 385 g/mol. The fraction of sp³-hybridized carbons (Fsp3) is 0.524. The highest BCUT2D eigenvalue weighted by Crippen LogP contribution is 2.28. The van der Waals surface area contributed by atoms with Crippen LogP contribution in [0.1, 0.15) is 36.0 Å².